The molecule has 4 aromatic rings. The molecule has 0 saturated heterocycles. The summed E-state index contributed by atoms with van der Waals surface area (Å²) in [4.78, 5) is 47.1. The molecule has 10 heteroatoms. The molecule has 1 aliphatic heterocycles. The number of rotatable bonds is 10. The number of amides is 1. The summed E-state index contributed by atoms with van der Waals surface area (Å²) in [5.74, 6) is 0.00492. The number of unbranched alkanes of at least 4 members (excludes halogenated alkanes) is 1. The van der Waals surface area contributed by atoms with Crippen LogP contribution in [0.3, 0.4) is 0 Å². The van der Waals surface area contributed by atoms with Crippen LogP contribution in [0.1, 0.15) is 87.8 Å². The summed E-state index contributed by atoms with van der Waals surface area (Å²) in [5.41, 5.74) is 3.19. The van der Waals surface area contributed by atoms with Crippen molar-refractivity contribution in [1.82, 2.24) is 4.98 Å². The number of esters is 1. The van der Waals surface area contributed by atoms with E-state index in [1.807, 2.05) is 26.8 Å². The van der Waals surface area contributed by atoms with Crippen LogP contribution in [0.25, 0.3) is 11.0 Å². The van der Waals surface area contributed by atoms with Crippen molar-refractivity contribution >= 4 is 39.3 Å². The molecule has 0 fully saturated rings. The SMILES string of the molecule is CCCCOc1ccc(C2c3c(oc4cc(C)c(C)cc4c3=O)C(=O)N2c2nc(C)c(C(=O)OCC)s2)cc1OCC. The first-order chi connectivity index (χ1) is 20.2. The average molecular weight is 591 g/mol. The molecule has 0 spiro atoms. The number of hydrogen-bond acceptors (Lipinski definition) is 9. The van der Waals surface area contributed by atoms with Gasteiger partial charge in [-0.05, 0) is 82.0 Å². The van der Waals surface area contributed by atoms with Crippen molar-refractivity contribution in [1.29, 1.82) is 0 Å². The third kappa shape index (κ3) is 5.15. The van der Waals surface area contributed by atoms with Crippen LogP contribution in [0, 0.1) is 20.8 Å². The summed E-state index contributed by atoms with van der Waals surface area (Å²) < 4.78 is 23.3. The summed E-state index contributed by atoms with van der Waals surface area (Å²) in [6.45, 7) is 12.4. The zero-order valence-electron chi connectivity index (χ0n) is 24.7. The highest BCUT2D eigenvalue weighted by atomic mass is 32.1. The summed E-state index contributed by atoms with van der Waals surface area (Å²) in [5, 5.41) is 0.651. The van der Waals surface area contributed by atoms with E-state index in [4.69, 9.17) is 18.6 Å². The van der Waals surface area contributed by atoms with Gasteiger partial charge in [0.2, 0.25) is 5.76 Å². The number of aryl methyl sites for hydroxylation is 3. The van der Waals surface area contributed by atoms with E-state index in [2.05, 4.69) is 11.9 Å². The van der Waals surface area contributed by atoms with Gasteiger partial charge < -0.3 is 18.6 Å². The molecular formula is C32H34N2O7S. The molecule has 1 unspecified atom stereocenters. The van der Waals surface area contributed by atoms with Crippen molar-refractivity contribution in [3.05, 3.63) is 79.1 Å². The predicted molar refractivity (Wildman–Crippen MR) is 161 cm³/mol. The third-order valence-electron chi connectivity index (χ3n) is 7.28. The Balaban J connectivity index is 1.72. The highest BCUT2D eigenvalue weighted by Crippen LogP contribution is 2.45. The van der Waals surface area contributed by atoms with Gasteiger partial charge in [0.25, 0.3) is 5.91 Å². The van der Waals surface area contributed by atoms with E-state index in [-0.39, 0.29) is 28.5 Å². The first-order valence-corrected chi connectivity index (χ1v) is 15.0. The van der Waals surface area contributed by atoms with Gasteiger partial charge >= 0.3 is 5.97 Å². The minimum Gasteiger partial charge on any atom is -0.490 e. The number of carbonyl (C=O) groups is 2. The smallest absolute Gasteiger partial charge is 0.350 e. The van der Waals surface area contributed by atoms with E-state index in [0.29, 0.717) is 51.8 Å². The van der Waals surface area contributed by atoms with Gasteiger partial charge in [-0.2, -0.15) is 0 Å². The Bertz CT molecular complexity index is 1740. The van der Waals surface area contributed by atoms with Crippen LogP contribution in [0.4, 0.5) is 5.13 Å². The molecule has 1 aliphatic rings. The van der Waals surface area contributed by atoms with E-state index in [0.717, 1.165) is 35.3 Å². The molecule has 2 aromatic carbocycles. The van der Waals surface area contributed by atoms with Crippen molar-refractivity contribution in [2.75, 3.05) is 24.7 Å². The highest BCUT2D eigenvalue weighted by Gasteiger charge is 2.45. The molecule has 42 heavy (non-hydrogen) atoms. The van der Waals surface area contributed by atoms with Gasteiger partial charge in [0.05, 0.1) is 42.5 Å². The molecule has 5 rings (SSSR count). The fraction of sp³-hybridized carbons (Fsp3) is 0.375. The normalized spacial score (nSPS) is 14.4. The Morgan fingerprint density at radius 1 is 1.00 bits per heavy atom. The Labute approximate surface area is 248 Å². The highest BCUT2D eigenvalue weighted by molar-refractivity contribution is 7.17. The zero-order chi connectivity index (χ0) is 30.1. The molecule has 0 N–H and O–H groups in total. The molecule has 0 radical (unpaired) electrons. The molecular weight excluding hydrogens is 556 g/mol. The lowest BCUT2D eigenvalue weighted by atomic mass is 9.97. The molecule has 1 amide bonds. The van der Waals surface area contributed by atoms with Gasteiger partial charge in [0.1, 0.15) is 10.5 Å². The van der Waals surface area contributed by atoms with Crippen molar-refractivity contribution < 1.29 is 28.2 Å². The molecule has 0 saturated carbocycles. The van der Waals surface area contributed by atoms with Crippen molar-refractivity contribution in [2.45, 2.75) is 60.4 Å². The minimum absolute atomic E-state index is 0.0486. The van der Waals surface area contributed by atoms with Crippen LogP contribution in [-0.2, 0) is 4.74 Å². The minimum atomic E-state index is -0.876. The summed E-state index contributed by atoms with van der Waals surface area (Å²) in [6.07, 6.45) is 1.88. The zero-order valence-corrected chi connectivity index (χ0v) is 25.5. The van der Waals surface area contributed by atoms with Crippen LogP contribution in [0.15, 0.2) is 39.5 Å². The van der Waals surface area contributed by atoms with Gasteiger partial charge in [-0.15, -0.1) is 0 Å². The van der Waals surface area contributed by atoms with Gasteiger partial charge in [-0.25, -0.2) is 9.78 Å². The van der Waals surface area contributed by atoms with Crippen molar-refractivity contribution in [3.63, 3.8) is 0 Å². The second kappa shape index (κ2) is 12.0. The second-order valence-corrected chi connectivity index (χ2v) is 11.1. The quantitative estimate of drug-likeness (QED) is 0.149. The maximum Gasteiger partial charge on any atom is 0.350 e. The molecule has 1 atom stereocenters. The number of ether oxygens (including phenoxy) is 3. The van der Waals surface area contributed by atoms with Gasteiger partial charge in [-0.3, -0.25) is 14.5 Å². The molecule has 0 aliphatic carbocycles. The molecule has 2 aromatic heterocycles. The molecule has 9 nitrogen and oxygen atoms in total. The van der Waals surface area contributed by atoms with E-state index in [1.165, 1.54) is 4.90 Å². The van der Waals surface area contributed by atoms with Gasteiger partial charge in [-0.1, -0.05) is 30.7 Å². The number of hydrogen-bond donors (Lipinski definition) is 0. The fourth-order valence-electron chi connectivity index (χ4n) is 5.02. The van der Waals surface area contributed by atoms with Gasteiger partial charge in [0.15, 0.2) is 22.1 Å². The number of aromatic nitrogens is 1. The van der Waals surface area contributed by atoms with Crippen molar-refractivity contribution in [3.8, 4) is 11.5 Å². The summed E-state index contributed by atoms with van der Waals surface area (Å²) in [6, 6.07) is 8.11. The topological polar surface area (TPSA) is 108 Å². The van der Waals surface area contributed by atoms with E-state index in [9.17, 15) is 14.4 Å². The number of thiazole rings is 1. The standard InChI is InChI=1S/C32H34N2O7S/c1-7-10-13-40-22-12-11-20(16-24(22)38-8-2)26-25-27(35)21-14-17(4)18(5)15-23(21)41-28(25)30(36)34(26)32-33-19(6)29(42-32)31(37)39-9-3/h11-12,14-16,26H,7-10,13H2,1-6H3. The number of carbonyl (C=O) groups excluding carboxylic acids is 2. The second-order valence-electron chi connectivity index (χ2n) is 10.2. The monoisotopic (exact) mass is 590 g/mol. The van der Waals surface area contributed by atoms with Gasteiger partial charge in [0, 0.05) is 0 Å². The molecule has 0 bridgehead atoms. The lowest BCUT2D eigenvalue weighted by Crippen LogP contribution is -2.29. The summed E-state index contributed by atoms with van der Waals surface area (Å²) in [7, 11) is 0. The average Bonchev–Trinajstić information content (AvgIpc) is 3.48. The van der Waals surface area contributed by atoms with Crippen molar-refractivity contribution in [2.24, 2.45) is 0 Å². The Morgan fingerprint density at radius 3 is 2.48 bits per heavy atom. The maximum absolute atomic E-state index is 14.1. The molecule has 220 valence electrons. The number of benzene rings is 2. The number of anilines is 1. The largest absolute Gasteiger partial charge is 0.490 e. The predicted octanol–water partition coefficient (Wildman–Crippen LogP) is 6.68. The Morgan fingerprint density at radius 2 is 1.76 bits per heavy atom. The lowest BCUT2D eigenvalue weighted by molar-refractivity contribution is 0.0531. The first kappa shape index (κ1) is 29.3. The molecule has 3 heterocycles. The van der Waals surface area contributed by atoms with E-state index >= 15 is 0 Å². The Kier molecular flexibility index (Phi) is 8.36. The number of nitrogens with zero attached hydrogens (tertiary/aromatic N) is 2. The van der Waals surface area contributed by atoms with Crippen LogP contribution < -0.4 is 19.8 Å². The van der Waals surface area contributed by atoms with Crippen LogP contribution >= 0.6 is 11.3 Å². The fourth-order valence-corrected chi connectivity index (χ4v) is 6.01. The van der Waals surface area contributed by atoms with E-state index in [1.54, 1.807) is 38.1 Å². The van der Waals surface area contributed by atoms with Crippen LogP contribution in [0.2, 0.25) is 0 Å². The third-order valence-corrected chi connectivity index (χ3v) is 8.41. The first-order valence-electron chi connectivity index (χ1n) is 14.2. The van der Waals surface area contributed by atoms with Crippen LogP contribution in [0.5, 0.6) is 11.5 Å². The Hall–Kier alpha value is -4.18. The number of fused-ring (bicyclic) bond motifs is 2. The maximum atomic E-state index is 14.1. The van der Waals surface area contributed by atoms with Crippen LogP contribution in [-0.4, -0.2) is 36.7 Å². The summed E-state index contributed by atoms with van der Waals surface area (Å²) >= 11 is 1.04. The lowest BCUT2D eigenvalue weighted by Gasteiger charge is -2.23. The van der Waals surface area contributed by atoms with E-state index < -0.39 is 17.9 Å².